The summed E-state index contributed by atoms with van der Waals surface area (Å²) in [5, 5.41) is 2.93. The zero-order chi connectivity index (χ0) is 15.1. The molecule has 0 spiro atoms. The van der Waals surface area contributed by atoms with E-state index in [0.29, 0.717) is 18.1 Å². The number of nitrogens with one attached hydrogen (secondary N) is 1. The topological polar surface area (TPSA) is 49.4 Å². The standard InChI is InChI=1S/C16H24N2O2S/c1-2-21(20)12-10-17-16(19)15-9-6-11-18(15)13-14-7-4-3-5-8-14/h3-5,7-8,15H,2,6,9-13H2,1H3,(H,17,19)/t15-,21-/m0/s1. The first-order valence-corrected chi connectivity index (χ1v) is 9.10. The van der Waals surface area contributed by atoms with Gasteiger partial charge in [0.2, 0.25) is 5.91 Å². The summed E-state index contributed by atoms with van der Waals surface area (Å²) in [5.74, 6) is 1.28. The second-order valence-electron chi connectivity index (χ2n) is 5.34. The van der Waals surface area contributed by atoms with E-state index >= 15 is 0 Å². The molecule has 1 saturated heterocycles. The summed E-state index contributed by atoms with van der Waals surface area (Å²) < 4.78 is 11.4. The van der Waals surface area contributed by atoms with Gasteiger partial charge in [0.1, 0.15) is 0 Å². The zero-order valence-corrected chi connectivity index (χ0v) is 13.4. The third-order valence-corrected chi connectivity index (χ3v) is 5.15. The predicted molar refractivity (Wildman–Crippen MR) is 86.4 cm³/mol. The lowest BCUT2D eigenvalue weighted by molar-refractivity contribution is -0.125. The Morgan fingerprint density at radius 3 is 2.86 bits per heavy atom. The fraction of sp³-hybridized carbons (Fsp3) is 0.562. The first-order chi connectivity index (χ1) is 10.2. The normalized spacial score (nSPS) is 20.3. The highest BCUT2D eigenvalue weighted by atomic mass is 32.2. The van der Waals surface area contributed by atoms with E-state index < -0.39 is 10.8 Å². The molecule has 2 atom stereocenters. The van der Waals surface area contributed by atoms with Crippen LogP contribution in [0.3, 0.4) is 0 Å². The fourth-order valence-corrected chi connectivity index (χ4v) is 3.30. The van der Waals surface area contributed by atoms with Crippen LogP contribution in [0.2, 0.25) is 0 Å². The molecule has 1 aromatic carbocycles. The van der Waals surface area contributed by atoms with Crippen LogP contribution in [0.15, 0.2) is 30.3 Å². The minimum Gasteiger partial charge on any atom is -0.354 e. The SMILES string of the molecule is CC[S@](=O)CCNC(=O)[C@@H]1CCCN1Cc1ccccc1. The van der Waals surface area contributed by atoms with Crippen LogP contribution in [-0.2, 0) is 22.1 Å². The summed E-state index contributed by atoms with van der Waals surface area (Å²) in [5.41, 5.74) is 1.24. The maximum Gasteiger partial charge on any atom is 0.237 e. The molecule has 1 amide bonds. The number of carbonyl (C=O) groups is 1. The lowest BCUT2D eigenvalue weighted by Crippen LogP contribution is -2.43. The average Bonchev–Trinajstić information content (AvgIpc) is 2.96. The number of nitrogens with zero attached hydrogens (tertiary/aromatic N) is 1. The largest absolute Gasteiger partial charge is 0.354 e. The lowest BCUT2D eigenvalue weighted by atomic mass is 10.1. The first kappa shape index (κ1) is 16.2. The van der Waals surface area contributed by atoms with Gasteiger partial charge in [0, 0.05) is 35.4 Å². The predicted octanol–water partition coefficient (Wildman–Crippen LogP) is 1.54. The van der Waals surface area contributed by atoms with Crippen molar-refractivity contribution in [2.75, 3.05) is 24.6 Å². The highest BCUT2D eigenvalue weighted by molar-refractivity contribution is 7.84. The van der Waals surface area contributed by atoms with E-state index in [9.17, 15) is 9.00 Å². The molecule has 5 heteroatoms. The molecule has 1 N–H and O–H groups in total. The summed E-state index contributed by atoms with van der Waals surface area (Å²) in [7, 11) is -0.813. The average molecular weight is 308 g/mol. The molecule has 116 valence electrons. The molecule has 1 heterocycles. The van der Waals surface area contributed by atoms with Gasteiger partial charge in [0.25, 0.3) is 0 Å². The maximum atomic E-state index is 12.3. The Balaban J connectivity index is 1.83. The van der Waals surface area contributed by atoms with Crippen molar-refractivity contribution in [1.29, 1.82) is 0 Å². The van der Waals surface area contributed by atoms with Gasteiger partial charge in [-0.05, 0) is 24.9 Å². The van der Waals surface area contributed by atoms with Crippen LogP contribution in [-0.4, -0.2) is 45.7 Å². The molecular weight excluding hydrogens is 284 g/mol. The molecule has 0 aromatic heterocycles. The van der Waals surface area contributed by atoms with Gasteiger partial charge >= 0.3 is 0 Å². The van der Waals surface area contributed by atoms with Gasteiger partial charge in [-0.25, -0.2) is 0 Å². The van der Waals surface area contributed by atoms with Crippen LogP contribution in [0.5, 0.6) is 0 Å². The third kappa shape index (κ3) is 4.93. The van der Waals surface area contributed by atoms with Gasteiger partial charge in [-0.3, -0.25) is 13.9 Å². The molecule has 0 aliphatic carbocycles. The molecule has 1 fully saturated rings. The van der Waals surface area contributed by atoms with Gasteiger partial charge in [0.05, 0.1) is 6.04 Å². The quantitative estimate of drug-likeness (QED) is 0.831. The molecule has 21 heavy (non-hydrogen) atoms. The molecule has 0 bridgehead atoms. The van der Waals surface area contributed by atoms with Crippen LogP contribution in [0.4, 0.5) is 0 Å². The van der Waals surface area contributed by atoms with Crippen LogP contribution < -0.4 is 5.32 Å². The van der Waals surface area contributed by atoms with Crippen molar-refractivity contribution in [2.24, 2.45) is 0 Å². The van der Waals surface area contributed by atoms with Crippen molar-refractivity contribution in [3.63, 3.8) is 0 Å². The Kier molecular flexibility index (Phi) is 6.39. The number of amides is 1. The van der Waals surface area contributed by atoms with Crippen LogP contribution in [0, 0.1) is 0 Å². The second-order valence-corrected chi connectivity index (χ2v) is 7.20. The Bertz CT molecular complexity index is 478. The number of hydrogen-bond donors (Lipinski definition) is 1. The van der Waals surface area contributed by atoms with Gasteiger partial charge in [-0.1, -0.05) is 37.3 Å². The molecule has 0 radical (unpaired) electrons. The molecule has 2 rings (SSSR count). The van der Waals surface area contributed by atoms with E-state index in [1.165, 1.54) is 5.56 Å². The molecular formula is C16H24N2O2S. The first-order valence-electron chi connectivity index (χ1n) is 7.61. The van der Waals surface area contributed by atoms with Gasteiger partial charge < -0.3 is 5.32 Å². The van der Waals surface area contributed by atoms with E-state index in [4.69, 9.17) is 0 Å². The molecule has 0 unspecified atom stereocenters. The number of benzene rings is 1. The number of likely N-dealkylation sites (tertiary alicyclic amines) is 1. The Morgan fingerprint density at radius 2 is 2.14 bits per heavy atom. The van der Waals surface area contributed by atoms with Crippen molar-refractivity contribution in [2.45, 2.75) is 32.4 Å². The van der Waals surface area contributed by atoms with Gasteiger partial charge in [-0.15, -0.1) is 0 Å². The van der Waals surface area contributed by atoms with Gasteiger partial charge in [0.15, 0.2) is 0 Å². The highest BCUT2D eigenvalue weighted by Gasteiger charge is 2.30. The third-order valence-electron chi connectivity index (χ3n) is 3.85. The summed E-state index contributed by atoms with van der Waals surface area (Å²) in [6, 6.07) is 10.2. The van der Waals surface area contributed by atoms with Gasteiger partial charge in [-0.2, -0.15) is 0 Å². The molecule has 1 aliphatic heterocycles. The summed E-state index contributed by atoms with van der Waals surface area (Å²) >= 11 is 0. The fourth-order valence-electron chi connectivity index (χ4n) is 2.68. The minimum atomic E-state index is -0.813. The summed E-state index contributed by atoms with van der Waals surface area (Å²) in [4.78, 5) is 14.5. The molecule has 1 aliphatic rings. The van der Waals surface area contributed by atoms with E-state index in [0.717, 1.165) is 25.9 Å². The van der Waals surface area contributed by atoms with E-state index in [1.807, 2.05) is 25.1 Å². The second kappa shape index (κ2) is 8.29. The van der Waals surface area contributed by atoms with Crippen LogP contribution >= 0.6 is 0 Å². The Labute approximate surface area is 129 Å². The van der Waals surface area contributed by atoms with Crippen molar-refractivity contribution < 1.29 is 9.00 Å². The van der Waals surface area contributed by atoms with Crippen molar-refractivity contribution in [1.82, 2.24) is 10.2 Å². The molecule has 0 saturated carbocycles. The Morgan fingerprint density at radius 1 is 1.38 bits per heavy atom. The van der Waals surface area contributed by atoms with Crippen molar-refractivity contribution in [3.8, 4) is 0 Å². The van der Waals surface area contributed by atoms with Crippen molar-refractivity contribution >= 4 is 16.7 Å². The Hall–Kier alpha value is -1.20. The summed E-state index contributed by atoms with van der Waals surface area (Å²) in [6.07, 6.45) is 1.97. The van der Waals surface area contributed by atoms with E-state index in [-0.39, 0.29) is 11.9 Å². The van der Waals surface area contributed by atoms with Crippen LogP contribution in [0.25, 0.3) is 0 Å². The number of carbonyl (C=O) groups excluding carboxylic acids is 1. The minimum absolute atomic E-state index is 0.0414. The zero-order valence-electron chi connectivity index (χ0n) is 12.6. The smallest absolute Gasteiger partial charge is 0.237 e. The highest BCUT2D eigenvalue weighted by Crippen LogP contribution is 2.20. The number of rotatable bonds is 7. The van der Waals surface area contributed by atoms with E-state index in [1.54, 1.807) is 0 Å². The molecule has 4 nitrogen and oxygen atoms in total. The van der Waals surface area contributed by atoms with Crippen molar-refractivity contribution in [3.05, 3.63) is 35.9 Å². The molecule has 1 aromatic rings. The maximum absolute atomic E-state index is 12.3. The monoisotopic (exact) mass is 308 g/mol. The van der Waals surface area contributed by atoms with E-state index in [2.05, 4.69) is 22.3 Å². The van der Waals surface area contributed by atoms with Crippen LogP contribution in [0.1, 0.15) is 25.3 Å². The number of hydrogen-bond acceptors (Lipinski definition) is 3. The summed E-state index contributed by atoms with van der Waals surface area (Å²) in [6.45, 7) is 4.19. The lowest BCUT2D eigenvalue weighted by Gasteiger charge is -2.23.